The van der Waals surface area contributed by atoms with Crippen LogP contribution >= 0.6 is 41.2 Å². The smallest absolute Gasteiger partial charge is 0.174 e. The molecule has 0 aliphatic carbocycles. The van der Waals surface area contributed by atoms with Crippen molar-refractivity contribution in [2.75, 3.05) is 0 Å². The molecule has 3 aromatic heterocycles. The standard InChI is InChI=1S/C28H23OPS3/c1-16-14-22(18(3)31-16)25-26(23-15-17(2)32-19(23)4)30(29,20-10-6-5-7-11-20)27-21-12-8-9-13-24(21)33-28(25)27/h5-15H,1-4H3/t30-/m1/s1. The van der Waals surface area contributed by atoms with E-state index in [1.807, 2.05) is 29.5 Å². The van der Waals surface area contributed by atoms with Crippen molar-refractivity contribution >= 4 is 72.7 Å². The molecule has 0 fully saturated rings. The summed E-state index contributed by atoms with van der Waals surface area (Å²) in [7, 11) is -3.09. The van der Waals surface area contributed by atoms with Crippen LogP contribution in [0.15, 0.2) is 66.7 Å². The molecule has 1 atom stereocenters. The molecule has 1 nitrogen and oxygen atoms in total. The lowest BCUT2D eigenvalue weighted by Crippen LogP contribution is -2.14. The number of hydrogen-bond acceptors (Lipinski definition) is 4. The molecule has 0 saturated carbocycles. The van der Waals surface area contributed by atoms with Crippen LogP contribution < -0.4 is 10.6 Å². The molecular formula is C28H23OPS3. The van der Waals surface area contributed by atoms with Gasteiger partial charge in [-0.25, -0.2) is 0 Å². The number of benzene rings is 2. The first kappa shape index (κ1) is 21.3. The van der Waals surface area contributed by atoms with Crippen molar-refractivity contribution in [1.29, 1.82) is 0 Å². The highest BCUT2D eigenvalue weighted by Crippen LogP contribution is 2.68. The van der Waals surface area contributed by atoms with E-state index in [9.17, 15) is 0 Å². The van der Waals surface area contributed by atoms with Crippen LogP contribution in [0.25, 0.3) is 21.0 Å². The monoisotopic (exact) mass is 502 g/mol. The molecule has 2 aromatic carbocycles. The Balaban J connectivity index is 1.84. The van der Waals surface area contributed by atoms with Crippen LogP contribution in [0.4, 0.5) is 0 Å². The molecule has 6 rings (SSSR count). The van der Waals surface area contributed by atoms with E-state index in [0.29, 0.717) is 0 Å². The van der Waals surface area contributed by atoms with Crippen molar-refractivity contribution < 1.29 is 4.57 Å². The Bertz CT molecular complexity index is 1630. The van der Waals surface area contributed by atoms with Crippen molar-refractivity contribution in [3.8, 4) is 0 Å². The van der Waals surface area contributed by atoms with Gasteiger partial charge in [-0.3, -0.25) is 0 Å². The van der Waals surface area contributed by atoms with Crippen LogP contribution in [0.1, 0.15) is 35.5 Å². The van der Waals surface area contributed by atoms with Gasteiger partial charge in [0, 0.05) is 61.5 Å². The van der Waals surface area contributed by atoms with Crippen molar-refractivity contribution in [2.24, 2.45) is 0 Å². The van der Waals surface area contributed by atoms with E-state index in [0.717, 1.165) is 26.9 Å². The maximum Gasteiger partial charge on any atom is 0.174 e. The molecule has 164 valence electrons. The molecule has 0 unspecified atom stereocenters. The number of rotatable bonds is 3. The van der Waals surface area contributed by atoms with Crippen LogP contribution in [0.5, 0.6) is 0 Å². The van der Waals surface area contributed by atoms with Gasteiger partial charge >= 0.3 is 0 Å². The Hall–Kier alpha value is -2.23. The lowest BCUT2D eigenvalue weighted by atomic mass is 10.0. The van der Waals surface area contributed by atoms with Gasteiger partial charge in [0.25, 0.3) is 0 Å². The number of fused-ring (bicyclic) bond motifs is 3. The molecule has 0 radical (unpaired) electrons. The lowest BCUT2D eigenvalue weighted by molar-refractivity contribution is 0.593. The van der Waals surface area contributed by atoms with Gasteiger partial charge in [-0.15, -0.1) is 34.0 Å². The highest BCUT2D eigenvalue weighted by molar-refractivity contribution is 7.89. The average Bonchev–Trinajstić information content (AvgIpc) is 3.50. The van der Waals surface area contributed by atoms with Gasteiger partial charge in [-0.2, -0.15) is 0 Å². The Morgan fingerprint density at radius 3 is 1.94 bits per heavy atom. The minimum Gasteiger partial charge on any atom is -0.309 e. The molecule has 0 amide bonds. The zero-order valence-electron chi connectivity index (χ0n) is 18.9. The van der Waals surface area contributed by atoms with E-state index in [4.69, 9.17) is 0 Å². The lowest BCUT2D eigenvalue weighted by Gasteiger charge is -2.20. The highest BCUT2D eigenvalue weighted by atomic mass is 32.1. The average molecular weight is 503 g/mol. The molecule has 4 heterocycles. The maximum absolute atomic E-state index is 15.7. The van der Waals surface area contributed by atoms with Crippen molar-refractivity contribution in [1.82, 2.24) is 0 Å². The molecule has 0 spiro atoms. The summed E-state index contributed by atoms with van der Waals surface area (Å²) in [5.41, 5.74) is 3.56. The van der Waals surface area contributed by atoms with Crippen LogP contribution in [-0.4, -0.2) is 0 Å². The van der Waals surface area contributed by atoms with Gasteiger partial charge in [0.15, 0.2) is 7.14 Å². The van der Waals surface area contributed by atoms with E-state index < -0.39 is 7.14 Å². The predicted molar refractivity (Wildman–Crippen MR) is 149 cm³/mol. The summed E-state index contributed by atoms with van der Waals surface area (Å²) in [4.78, 5) is 6.25. The number of thiophene rings is 3. The topological polar surface area (TPSA) is 17.1 Å². The zero-order valence-corrected chi connectivity index (χ0v) is 22.3. The van der Waals surface area contributed by atoms with Crippen molar-refractivity contribution in [3.63, 3.8) is 0 Å². The molecule has 1 aliphatic rings. The first-order valence-electron chi connectivity index (χ1n) is 11.0. The summed E-state index contributed by atoms with van der Waals surface area (Å²) < 4.78 is 16.9. The fourth-order valence-corrected chi connectivity index (χ4v) is 12.2. The van der Waals surface area contributed by atoms with Gasteiger partial charge in [0.2, 0.25) is 0 Å². The number of aryl methyl sites for hydroxylation is 4. The second kappa shape index (κ2) is 7.65. The first-order valence-corrected chi connectivity index (χ1v) is 15.1. The zero-order chi connectivity index (χ0) is 22.9. The van der Waals surface area contributed by atoms with E-state index in [2.05, 4.69) is 76.2 Å². The quantitative estimate of drug-likeness (QED) is 0.226. The van der Waals surface area contributed by atoms with E-state index >= 15 is 4.57 Å². The van der Waals surface area contributed by atoms with Gasteiger partial charge in [-0.1, -0.05) is 48.5 Å². The summed E-state index contributed by atoms with van der Waals surface area (Å²) in [6.45, 7) is 8.68. The third kappa shape index (κ3) is 3.05. The molecule has 5 aromatic rings. The van der Waals surface area contributed by atoms with Gasteiger partial charge < -0.3 is 4.57 Å². The van der Waals surface area contributed by atoms with Crippen molar-refractivity contribution in [3.05, 3.63) is 102 Å². The molecule has 0 bridgehead atoms. The maximum atomic E-state index is 15.7. The minimum atomic E-state index is -3.09. The van der Waals surface area contributed by atoms with E-state index in [-0.39, 0.29) is 0 Å². The molecule has 0 N–H and O–H groups in total. The predicted octanol–water partition coefficient (Wildman–Crippen LogP) is 8.50. The molecule has 0 saturated heterocycles. The third-order valence-electron chi connectivity index (χ3n) is 6.39. The summed E-state index contributed by atoms with van der Waals surface area (Å²) in [5, 5.41) is 4.12. The van der Waals surface area contributed by atoms with Crippen LogP contribution in [0.3, 0.4) is 0 Å². The summed E-state index contributed by atoms with van der Waals surface area (Å²) >= 11 is 5.41. The van der Waals surface area contributed by atoms with Crippen LogP contribution in [-0.2, 0) is 4.57 Å². The minimum absolute atomic E-state index is 0.924. The summed E-state index contributed by atoms with van der Waals surface area (Å²) in [6, 6.07) is 23.2. The molecule has 5 heteroatoms. The normalized spacial score (nSPS) is 17.8. The van der Waals surface area contributed by atoms with Crippen LogP contribution in [0.2, 0.25) is 0 Å². The summed E-state index contributed by atoms with van der Waals surface area (Å²) in [5.74, 6) is 0. The Labute approximate surface area is 206 Å². The molecular weight excluding hydrogens is 479 g/mol. The molecule has 1 aliphatic heterocycles. The van der Waals surface area contributed by atoms with Crippen LogP contribution in [0, 0.1) is 27.7 Å². The van der Waals surface area contributed by atoms with Gasteiger partial charge in [-0.05, 0) is 51.5 Å². The summed E-state index contributed by atoms with van der Waals surface area (Å²) in [6.07, 6.45) is 0. The first-order chi connectivity index (χ1) is 15.9. The Kier molecular flexibility index (Phi) is 4.94. The second-order valence-corrected chi connectivity index (χ2v) is 15.2. The third-order valence-corrected chi connectivity index (χ3v) is 12.9. The Morgan fingerprint density at radius 2 is 1.30 bits per heavy atom. The van der Waals surface area contributed by atoms with Gasteiger partial charge in [0.05, 0.1) is 0 Å². The number of hydrogen-bond donors (Lipinski definition) is 0. The van der Waals surface area contributed by atoms with Crippen molar-refractivity contribution in [2.45, 2.75) is 27.7 Å². The highest BCUT2D eigenvalue weighted by Gasteiger charge is 2.47. The van der Waals surface area contributed by atoms with Gasteiger partial charge in [0.1, 0.15) is 0 Å². The fraction of sp³-hybridized carbons (Fsp3) is 0.143. The SMILES string of the molecule is Cc1cc(C2=C(c3cc(C)sc3C)[P@](=O)(c3ccccc3)c3c2sc2ccccc32)c(C)s1. The molecule has 33 heavy (non-hydrogen) atoms. The fourth-order valence-electron chi connectivity index (χ4n) is 5.09. The van der Waals surface area contributed by atoms with E-state index in [1.165, 1.54) is 40.2 Å². The largest absolute Gasteiger partial charge is 0.309 e. The van der Waals surface area contributed by atoms with E-state index in [1.54, 1.807) is 22.7 Å². The second-order valence-electron chi connectivity index (χ2n) is 8.60. The Morgan fingerprint density at radius 1 is 0.697 bits per heavy atom.